The third-order valence-corrected chi connectivity index (χ3v) is 4.40. The molecule has 1 aromatic carbocycles. The summed E-state index contributed by atoms with van der Waals surface area (Å²) in [4.78, 5) is 1.32. The molecule has 0 spiro atoms. The van der Waals surface area contributed by atoms with E-state index in [1.54, 1.807) is 18.4 Å². The van der Waals surface area contributed by atoms with E-state index in [0.717, 1.165) is 22.4 Å². The van der Waals surface area contributed by atoms with Crippen LogP contribution in [0.1, 0.15) is 10.4 Å². The number of rotatable bonds is 5. The van der Waals surface area contributed by atoms with Crippen LogP contribution in [0.2, 0.25) is 0 Å². The maximum atomic E-state index is 6.18. The first kappa shape index (κ1) is 13.6. The molecular weight excluding hydrogens is 310 g/mol. The van der Waals surface area contributed by atoms with E-state index in [9.17, 15) is 0 Å². The molecule has 2 N–H and O–H groups in total. The number of halogens is 1. The molecule has 0 radical (unpaired) electrons. The molecule has 2 nitrogen and oxygen atoms in total. The van der Waals surface area contributed by atoms with Gasteiger partial charge in [-0.1, -0.05) is 12.1 Å². The van der Waals surface area contributed by atoms with Crippen LogP contribution >= 0.6 is 27.3 Å². The van der Waals surface area contributed by atoms with Gasteiger partial charge >= 0.3 is 0 Å². The Bertz CT molecular complexity index is 495. The van der Waals surface area contributed by atoms with Crippen LogP contribution < -0.4 is 10.5 Å². The fourth-order valence-corrected chi connectivity index (χ4v) is 3.43. The summed E-state index contributed by atoms with van der Waals surface area (Å²) in [5.74, 6) is 0.884. The number of hydrogen-bond acceptors (Lipinski definition) is 3. The van der Waals surface area contributed by atoms with E-state index in [1.165, 1.54) is 10.4 Å². The molecule has 2 aromatic rings. The molecule has 0 aliphatic heterocycles. The van der Waals surface area contributed by atoms with Gasteiger partial charge in [0.1, 0.15) is 5.75 Å². The van der Waals surface area contributed by atoms with Gasteiger partial charge in [0, 0.05) is 10.9 Å². The number of benzene rings is 1. The average molecular weight is 326 g/mol. The van der Waals surface area contributed by atoms with Crippen LogP contribution in [0, 0.1) is 0 Å². The van der Waals surface area contributed by atoms with Gasteiger partial charge in [-0.2, -0.15) is 0 Å². The van der Waals surface area contributed by atoms with Gasteiger partial charge in [0.15, 0.2) is 0 Å². The summed E-state index contributed by atoms with van der Waals surface area (Å²) in [6.45, 7) is 0. The highest BCUT2D eigenvalue weighted by Crippen LogP contribution is 2.23. The molecule has 1 atom stereocenters. The zero-order valence-corrected chi connectivity index (χ0v) is 12.6. The summed E-state index contributed by atoms with van der Waals surface area (Å²) in [5, 5.41) is 0. The molecule has 0 saturated heterocycles. The summed E-state index contributed by atoms with van der Waals surface area (Å²) < 4.78 is 6.30. The normalized spacial score (nSPS) is 12.4. The van der Waals surface area contributed by atoms with E-state index < -0.39 is 0 Å². The third-order valence-electron chi connectivity index (χ3n) is 2.75. The maximum Gasteiger partial charge on any atom is 0.118 e. The van der Waals surface area contributed by atoms with Crippen molar-refractivity contribution in [2.24, 2.45) is 5.73 Å². The SMILES string of the molecule is COc1ccc(CC(N)Cc2ccc(Br)s2)cc1. The Morgan fingerprint density at radius 2 is 1.89 bits per heavy atom. The van der Waals surface area contributed by atoms with Gasteiger partial charge in [0.25, 0.3) is 0 Å². The largest absolute Gasteiger partial charge is 0.497 e. The van der Waals surface area contributed by atoms with E-state index in [0.29, 0.717) is 0 Å². The Hall–Kier alpha value is -0.840. The Morgan fingerprint density at radius 3 is 2.44 bits per heavy atom. The maximum absolute atomic E-state index is 6.18. The first-order valence-corrected chi connectivity index (χ1v) is 7.41. The smallest absolute Gasteiger partial charge is 0.118 e. The molecule has 1 unspecified atom stereocenters. The van der Waals surface area contributed by atoms with Gasteiger partial charge in [0.2, 0.25) is 0 Å². The van der Waals surface area contributed by atoms with Crippen molar-refractivity contribution in [3.8, 4) is 5.75 Å². The van der Waals surface area contributed by atoms with Crippen molar-refractivity contribution >= 4 is 27.3 Å². The Balaban J connectivity index is 1.91. The van der Waals surface area contributed by atoms with Gasteiger partial charge < -0.3 is 10.5 Å². The molecule has 0 amide bonds. The molecule has 18 heavy (non-hydrogen) atoms. The third kappa shape index (κ3) is 3.83. The van der Waals surface area contributed by atoms with Crippen LogP contribution in [-0.4, -0.2) is 13.2 Å². The van der Waals surface area contributed by atoms with E-state index in [2.05, 4.69) is 40.2 Å². The standard InChI is InChI=1S/C14H16BrNOS/c1-17-12-4-2-10(3-5-12)8-11(16)9-13-6-7-14(15)18-13/h2-7,11H,8-9,16H2,1H3. The Labute approximate surface area is 120 Å². The highest BCUT2D eigenvalue weighted by atomic mass is 79.9. The van der Waals surface area contributed by atoms with Crippen molar-refractivity contribution in [3.63, 3.8) is 0 Å². The second kappa shape index (κ2) is 6.36. The van der Waals surface area contributed by atoms with Crippen LogP contribution in [0.3, 0.4) is 0 Å². The molecule has 1 aromatic heterocycles. The molecule has 0 bridgehead atoms. The first-order valence-electron chi connectivity index (χ1n) is 5.80. The van der Waals surface area contributed by atoms with Crippen LogP contribution in [0.25, 0.3) is 0 Å². The summed E-state index contributed by atoms with van der Waals surface area (Å²) in [6.07, 6.45) is 1.81. The van der Waals surface area contributed by atoms with Crippen molar-refractivity contribution in [2.45, 2.75) is 18.9 Å². The van der Waals surface area contributed by atoms with Gasteiger partial charge in [-0.05, 0) is 58.6 Å². The summed E-state index contributed by atoms with van der Waals surface area (Å²) in [7, 11) is 1.68. The second-order valence-electron chi connectivity index (χ2n) is 4.22. The van der Waals surface area contributed by atoms with Crippen LogP contribution in [0.4, 0.5) is 0 Å². The molecule has 0 aliphatic carbocycles. The molecule has 0 aliphatic rings. The number of ether oxygens (including phenoxy) is 1. The molecule has 0 saturated carbocycles. The fourth-order valence-electron chi connectivity index (χ4n) is 1.86. The van der Waals surface area contributed by atoms with Gasteiger partial charge in [-0.15, -0.1) is 11.3 Å². The molecular formula is C14H16BrNOS. The van der Waals surface area contributed by atoms with Crippen LogP contribution in [0.5, 0.6) is 5.75 Å². The summed E-state index contributed by atoms with van der Waals surface area (Å²) >= 11 is 5.22. The monoisotopic (exact) mass is 325 g/mol. The van der Waals surface area contributed by atoms with Gasteiger partial charge in [-0.25, -0.2) is 0 Å². The lowest BCUT2D eigenvalue weighted by atomic mass is 10.0. The minimum Gasteiger partial charge on any atom is -0.497 e. The predicted octanol–water partition coefficient (Wildman–Crippen LogP) is 3.63. The lowest BCUT2D eigenvalue weighted by Crippen LogP contribution is -2.25. The van der Waals surface area contributed by atoms with Crippen LogP contribution in [-0.2, 0) is 12.8 Å². The van der Waals surface area contributed by atoms with E-state index in [-0.39, 0.29) is 6.04 Å². The Kier molecular flexibility index (Phi) is 4.80. The van der Waals surface area contributed by atoms with Gasteiger partial charge in [0.05, 0.1) is 10.9 Å². The van der Waals surface area contributed by atoms with E-state index >= 15 is 0 Å². The minimum atomic E-state index is 0.156. The Morgan fingerprint density at radius 1 is 1.17 bits per heavy atom. The van der Waals surface area contributed by atoms with Crippen molar-refractivity contribution in [2.75, 3.05) is 7.11 Å². The van der Waals surface area contributed by atoms with Crippen molar-refractivity contribution in [3.05, 3.63) is 50.6 Å². The summed E-state index contributed by atoms with van der Waals surface area (Å²) in [6, 6.07) is 12.5. The molecule has 2 rings (SSSR count). The average Bonchev–Trinajstić information content (AvgIpc) is 2.75. The van der Waals surface area contributed by atoms with E-state index in [1.807, 2.05) is 12.1 Å². The van der Waals surface area contributed by atoms with Gasteiger partial charge in [-0.3, -0.25) is 0 Å². The summed E-state index contributed by atoms with van der Waals surface area (Å²) in [5.41, 5.74) is 7.43. The number of thiophene rings is 1. The first-order chi connectivity index (χ1) is 8.67. The zero-order valence-electron chi connectivity index (χ0n) is 10.2. The highest BCUT2D eigenvalue weighted by Gasteiger charge is 2.07. The number of nitrogens with two attached hydrogens (primary N) is 1. The highest BCUT2D eigenvalue weighted by molar-refractivity contribution is 9.11. The van der Waals surface area contributed by atoms with Crippen molar-refractivity contribution in [1.29, 1.82) is 0 Å². The fraction of sp³-hybridized carbons (Fsp3) is 0.286. The second-order valence-corrected chi connectivity index (χ2v) is 6.77. The lowest BCUT2D eigenvalue weighted by molar-refractivity contribution is 0.414. The number of methoxy groups -OCH3 is 1. The van der Waals surface area contributed by atoms with Crippen molar-refractivity contribution in [1.82, 2.24) is 0 Å². The minimum absolute atomic E-state index is 0.156. The van der Waals surface area contributed by atoms with E-state index in [4.69, 9.17) is 10.5 Å². The van der Waals surface area contributed by atoms with Crippen LogP contribution in [0.15, 0.2) is 40.2 Å². The topological polar surface area (TPSA) is 35.2 Å². The number of hydrogen-bond donors (Lipinski definition) is 1. The lowest BCUT2D eigenvalue weighted by Gasteiger charge is -2.10. The quantitative estimate of drug-likeness (QED) is 0.911. The molecule has 1 heterocycles. The van der Waals surface area contributed by atoms with Crippen molar-refractivity contribution < 1.29 is 4.74 Å². The zero-order chi connectivity index (χ0) is 13.0. The molecule has 96 valence electrons. The predicted molar refractivity (Wildman–Crippen MR) is 80.4 cm³/mol. The molecule has 4 heteroatoms. The molecule has 0 fully saturated rings.